The van der Waals surface area contributed by atoms with E-state index in [1.54, 1.807) is 0 Å². The molecule has 1 atom stereocenters. The highest BCUT2D eigenvalue weighted by atomic mass is 32.2. The Labute approximate surface area is 116 Å². The van der Waals surface area contributed by atoms with Gasteiger partial charge in [-0.3, -0.25) is 4.99 Å². The van der Waals surface area contributed by atoms with Crippen LogP contribution in [0.1, 0.15) is 59.3 Å². The Morgan fingerprint density at radius 1 is 1.39 bits per heavy atom. The molecule has 1 aliphatic carbocycles. The lowest BCUT2D eigenvalue weighted by atomic mass is 9.83. The Morgan fingerprint density at radius 3 is 2.72 bits per heavy atom. The minimum atomic E-state index is 0.569. The summed E-state index contributed by atoms with van der Waals surface area (Å²) in [6, 6.07) is 0. The van der Waals surface area contributed by atoms with E-state index < -0.39 is 0 Å². The molecule has 2 rings (SSSR count). The first-order chi connectivity index (χ1) is 8.63. The van der Waals surface area contributed by atoms with Crippen LogP contribution in [0, 0.1) is 11.3 Å². The molecule has 1 aliphatic heterocycles. The number of amidine groups is 1. The van der Waals surface area contributed by atoms with E-state index in [4.69, 9.17) is 0 Å². The van der Waals surface area contributed by atoms with Crippen molar-refractivity contribution in [2.24, 2.45) is 16.3 Å². The summed E-state index contributed by atoms with van der Waals surface area (Å²) < 4.78 is 0. The van der Waals surface area contributed by atoms with Crippen molar-refractivity contribution in [1.82, 2.24) is 5.32 Å². The van der Waals surface area contributed by atoms with E-state index in [0.717, 1.165) is 19.0 Å². The lowest BCUT2D eigenvalue weighted by Gasteiger charge is -2.28. The van der Waals surface area contributed by atoms with Crippen molar-refractivity contribution in [3.8, 4) is 0 Å². The van der Waals surface area contributed by atoms with E-state index in [9.17, 15) is 0 Å². The zero-order valence-corrected chi connectivity index (χ0v) is 13.0. The predicted molar refractivity (Wildman–Crippen MR) is 82.3 cm³/mol. The van der Waals surface area contributed by atoms with Gasteiger partial charge in [-0.25, -0.2) is 0 Å². The Bertz CT molecular complexity index is 293. The third-order valence-corrected chi connectivity index (χ3v) is 5.65. The Balaban J connectivity index is 1.74. The number of rotatable bonds is 5. The van der Waals surface area contributed by atoms with E-state index >= 15 is 0 Å². The van der Waals surface area contributed by atoms with Gasteiger partial charge in [-0.2, -0.15) is 0 Å². The second-order valence-electron chi connectivity index (χ2n) is 6.43. The van der Waals surface area contributed by atoms with Gasteiger partial charge in [0.2, 0.25) is 0 Å². The van der Waals surface area contributed by atoms with Crippen molar-refractivity contribution in [2.45, 2.75) is 64.5 Å². The first-order valence-corrected chi connectivity index (χ1v) is 8.46. The van der Waals surface area contributed by atoms with Gasteiger partial charge in [0.1, 0.15) is 0 Å². The molecule has 1 unspecified atom stereocenters. The van der Waals surface area contributed by atoms with Crippen LogP contribution in [-0.2, 0) is 0 Å². The minimum Gasteiger partial charge on any atom is -0.364 e. The van der Waals surface area contributed by atoms with Gasteiger partial charge in [0.25, 0.3) is 0 Å². The number of aliphatic imine (C=N–C) groups is 1. The number of nitrogens with one attached hydrogen (secondary N) is 1. The highest BCUT2D eigenvalue weighted by Gasteiger charge is 2.32. The summed E-state index contributed by atoms with van der Waals surface area (Å²) in [6.45, 7) is 9.11. The highest BCUT2D eigenvalue weighted by molar-refractivity contribution is 8.14. The van der Waals surface area contributed by atoms with Crippen LogP contribution in [-0.4, -0.2) is 23.5 Å². The standard InChI is InChI=1S/C15H28N2S/c1-4-15(7-5-6-8-15)11-17-14-16-10-13(18-14)9-12(2)3/h12-13H,4-11H2,1-3H3,(H,16,17). The lowest BCUT2D eigenvalue weighted by molar-refractivity contribution is 0.285. The van der Waals surface area contributed by atoms with Crippen LogP contribution in [0.4, 0.5) is 0 Å². The molecule has 1 fully saturated rings. The summed E-state index contributed by atoms with van der Waals surface area (Å²) in [5.41, 5.74) is 0.569. The molecule has 1 N–H and O–H groups in total. The number of thioether (sulfide) groups is 1. The first kappa shape index (κ1) is 14.2. The van der Waals surface area contributed by atoms with Crippen LogP contribution in [0.2, 0.25) is 0 Å². The number of hydrogen-bond acceptors (Lipinski definition) is 3. The largest absolute Gasteiger partial charge is 0.364 e. The van der Waals surface area contributed by atoms with Crippen molar-refractivity contribution in [3.05, 3.63) is 0 Å². The molecular weight excluding hydrogens is 240 g/mol. The summed E-state index contributed by atoms with van der Waals surface area (Å²) in [4.78, 5) is 4.67. The van der Waals surface area contributed by atoms with Crippen LogP contribution in [0.25, 0.3) is 0 Å². The van der Waals surface area contributed by atoms with Gasteiger partial charge in [-0.1, -0.05) is 45.4 Å². The lowest BCUT2D eigenvalue weighted by Crippen LogP contribution is -2.34. The highest BCUT2D eigenvalue weighted by Crippen LogP contribution is 2.40. The predicted octanol–water partition coefficient (Wildman–Crippen LogP) is 4.06. The Hall–Kier alpha value is -0.180. The SMILES string of the molecule is CCC1(CNC2=NCC(CC(C)C)S2)CCCC1. The van der Waals surface area contributed by atoms with E-state index in [0.29, 0.717) is 10.7 Å². The summed E-state index contributed by atoms with van der Waals surface area (Å²) in [5, 5.41) is 5.56. The van der Waals surface area contributed by atoms with Crippen LogP contribution in [0.15, 0.2) is 4.99 Å². The molecule has 1 heterocycles. The van der Waals surface area contributed by atoms with Crippen molar-refractivity contribution < 1.29 is 0 Å². The van der Waals surface area contributed by atoms with Gasteiger partial charge in [0.15, 0.2) is 5.17 Å². The topological polar surface area (TPSA) is 24.4 Å². The third kappa shape index (κ3) is 3.66. The van der Waals surface area contributed by atoms with Crippen molar-refractivity contribution in [2.75, 3.05) is 13.1 Å². The van der Waals surface area contributed by atoms with E-state index in [2.05, 4.69) is 31.1 Å². The molecule has 0 aromatic rings. The summed E-state index contributed by atoms with van der Waals surface area (Å²) in [5.74, 6) is 0.786. The Kier molecular flexibility index (Phi) is 4.99. The second-order valence-corrected chi connectivity index (χ2v) is 7.72. The fourth-order valence-corrected chi connectivity index (χ4v) is 4.46. The van der Waals surface area contributed by atoms with Gasteiger partial charge < -0.3 is 5.32 Å². The molecule has 0 bridgehead atoms. The molecule has 104 valence electrons. The van der Waals surface area contributed by atoms with Crippen molar-refractivity contribution in [1.29, 1.82) is 0 Å². The summed E-state index contributed by atoms with van der Waals surface area (Å²) in [7, 11) is 0. The molecule has 2 nitrogen and oxygen atoms in total. The smallest absolute Gasteiger partial charge is 0.156 e. The molecule has 2 aliphatic rings. The molecule has 0 aromatic carbocycles. The van der Waals surface area contributed by atoms with Crippen LogP contribution in [0.5, 0.6) is 0 Å². The molecule has 3 heteroatoms. The first-order valence-electron chi connectivity index (χ1n) is 7.58. The number of nitrogens with zero attached hydrogens (tertiary/aromatic N) is 1. The third-order valence-electron chi connectivity index (χ3n) is 4.48. The minimum absolute atomic E-state index is 0.569. The van der Waals surface area contributed by atoms with Gasteiger partial charge in [-0.15, -0.1) is 0 Å². The summed E-state index contributed by atoms with van der Waals surface area (Å²) in [6.07, 6.45) is 8.26. The average Bonchev–Trinajstić information content (AvgIpc) is 2.95. The normalized spacial score (nSPS) is 26.7. The van der Waals surface area contributed by atoms with E-state index in [1.165, 1.54) is 43.7 Å². The zero-order valence-electron chi connectivity index (χ0n) is 12.2. The molecule has 0 aromatic heterocycles. The molecule has 1 saturated carbocycles. The quantitative estimate of drug-likeness (QED) is 0.813. The maximum atomic E-state index is 4.67. The average molecular weight is 268 g/mol. The Morgan fingerprint density at radius 2 is 2.11 bits per heavy atom. The van der Waals surface area contributed by atoms with Crippen molar-refractivity contribution >= 4 is 16.9 Å². The number of hydrogen-bond donors (Lipinski definition) is 1. The van der Waals surface area contributed by atoms with Gasteiger partial charge >= 0.3 is 0 Å². The molecule has 0 spiro atoms. The molecular formula is C15H28N2S. The fourth-order valence-electron chi connectivity index (χ4n) is 3.21. The van der Waals surface area contributed by atoms with Crippen LogP contribution < -0.4 is 5.32 Å². The fraction of sp³-hybridized carbons (Fsp3) is 0.933. The second kappa shape index (κ2) is 6.31. The summed E-state index contributed by atoms with van der Waals surface area (Å²) >= 11 is 1.97. The zero-order chi connectivity index (χ0) is 13.0. The maximum Gasteiger partial charge on any atom is 0.156 e. The van der Waals surface area contributed by atoms with E-state index in [-0.39, 0.29) is 0 Å². The molecule has 0 saturated heterocycles. The maximum absolute atomic E-state index is 4.67. The molecule has 0 radical (unpaired) electrons. The molecule has 0 amide bonds. The van der Waals surface area contributed by atoms with Gasteiger partial charge in [0.05, 0.1) is 6.54 Å². The molecule has 18 heavy (non-hydrogen) atoms. The van der Waals surface area contributed by atoms with Crippen molar-refractivity contribution in [3.63, 3.8) is 0 Å². The monoisotopic (exact) mass is 268 g/mol. The van der Waals surface area contributed by atoms with E-state index in [1.807, 2.05) is 11.8 Å². The van der Waals surface area contributed by atoms with Gasteiger partial charge in [0, 0.05) is 11.8 Å². The van der Waals surface area contributed by atoms with Crippen LogP contribution >= 0.6 is 11.8 Å². The van der Waals surface area contributed by atoms with Crippen LogP contribution in [0.3, 0.4) is 0 Å². The van der Waals surface area contributed by atoms with Gasteiger partial charge in [-0.05, 0) is 37.0 Å².